The Labute approximate surface area is 164 Å². The van der Waals surface area contributed by atoms with Crippen LogP contribution in [0.3, 0.4) is 0 Å². The fraction of sp³-hybridized carbons (Fsp3) is 0.474. The van der Waals surface area contributed by atoms with Gasteiger partial charge in [0, 0.05) is 23.5 Å². The third kappa shape index (κ3) is 4.56. The molecule has 0 saturated carbocycles. The number of sulfonamides is 1. The van der Waals surface area contributed by atoms with Gasteiger partial charge >= 0.3 is 0 Å². The van der Waals surface area contributed by atoms with Crippen LogP contribution in [0.2, 0.25) is 0 Å². The van der Waals surface area contributed by atoms with Crippen molar-refractivity contribution >= 4 is 32.3 Å². The summed E-state index contributed by atoms with van der Waals surface area (Å²) >= 11 is 1.51. The average Bonchev–Trinajstić information content (AvgIpc) is 2.98. The fourth-order valence-electron chi connectivity index (χ4n) is 2.99. The summed E-state index contributed by atoms with van der Waals surface area (Å²) < 4.78 is 27.0. The summed E-state index contributed by atoms with van der Waals surface area (Å²) in [6, 6.07) is 6.22. The van der Waals surface area contributed by atoms with Crippen molar-refractivity contribution in [2.75, 3.05) is 25.0 Å². The van der Waals surface area contributed by atoms with E-state index in [0.29, 0.717) is 24.6 Å². The van der Waals surface area contributed by atoms with Crippen molar-refractivity contribution in [3.8, 4) is 0 Å². The number of ketones is 1. The number of hydrogen-bond donors (Lipinski definition) is 1. The first-order valence-corrected chi connectivity index (χ1v) is 11.3. The zero-order chi connectivity index (χ0) is 19.6. The van der Waals surface area contributed by atoms with E-state index in [4.69, 9.17) is 0 Å². The van der Waals surface area contributed by atoms with Crippen LogP contribution in [-0.2, 0) is 10.0 Å². The van der Waals surface area contributed by atoms with Crippen LogP contribution < -0.4 is 5.32 Å². The second kappa shape index (κ2) is 8.08. The number of carbonyl (C=O) groups is 1. The van der Waals surface area contributed by atoms with E-state index in [1.54, 1.807) is 16.4 Å². The van der Waals surface area contributed by atoms with Crippen LogP contribution >= 0.6 is 11.3 Å². The molecule has 1 N–H and O–H groups in total. The van der Waals surface area contributed by atoms with Crippen molar-refractivity contribution in [1.82, 2.24) is 9.29 Å². The largest absolute Gasteiger partial charge is 0.354 e. The second-order valence-corrected chi connectivity index (χ2v) is 10.2. The van der Waals surface area contributed by atoms with Crippen molar-refractivity contribution in [3.63, 3.8) is 0 Å². The molecule has 1 aliphatic heterocycles. The molecule has 1 aromatic carbocycles. The maximum atomic E-state index is 12.7. The van der Waals surface area contributed by atoms with Crippen LogP contribution in [0.15, 0.2) is 29.2 Å². The molecule has 6 nitrogen and oxygen atoms in total. The molecule has 1 saturated heterocycles. The molecule has 0 radical (unpaired) electrons. The van der Waals surface area contributed by atoms with Crippen LogP contribution in [0.5, 0.6) is 0 Å². The van der Waals surface area contributed by atoms with Gasteiger partial charge in [0.1, 0.15) is 0 Å². The van der Waals surface area contributed by atoms with Crippen LogP contribution in [0, 0.1) is 19.8 Å². The van der Waals surface area contributed by atoms with Crippen LogP contribution in [0.4, 0.5) is 5.13 Å². The normalized spacial score (nSPS) is 16.4. The summed E-state index contributed by atoms with van der Waals surface area (Å²) in [5.41, 5.74) is 1.44. The molecule has 1 fully saturated rings. The number of rotatable bonds is 6. The highest BCUT2D eigenvalue weighted by atomic mass is 32.2. The van der Waals surface area contributed by atoms with Crippen molar-refractivity contribution < 1.29 is 13.2 Å². The third-order valence-electron chi connectivity index (χ3n) is 4.99. The molecule has 0 spiro atoms. The van der Waals surface area contributed by atoms with Crippen LogP contribution in [-0.4, -0.2) is 43.1 Å². The SMILES string of the molecule is Cc1nc(NCC(=O)c2ccc(S(=O)(=O)N3CCC(C)CC3)cc2)sc1C. The van der Waals surface area contributed by atoms with E-state index >= 15 is 0 Å². The number of hydrogen-bond acceptors (Lipinski definition) is 6. The molecule has 8 heteroatoms. The highest BCUT2D eigenvalue weighted by Crippen LogP contribution is 2.24. The summed E-state index contributed by atoms with van der Waals surface area (Å²) in [6.07, 6.45) is 1.77. The number of carbonyl (C=O) groups excluding carboxylic acids is 1. The van der Waals surface area contributed by atoms with Crippen molar-refractivity contribution in [2.24, 2.45) is 5.92 Å². The Bertz CT molecular complexity index is 893. The minimum atomic E-state index is -3.49. The summed E-state index contributed by atoms with van der Waals surface area (Å²) in [6.45, 7) is 7.31. The van der Waals surface area contributed by atoms with Crippen molar-refractivity contribution in [2.45, 2.75) is 38.5 Å². The summed E-state index contributed by atoms with van der Waals surface area (Å²) in [7, 11) is -3.49. The highest BCUT2D eigenvalue weighted by molar-refractivity contribution is 7.89. The van der Waals surface area contributed by atoms with Gasteiger partial charge in [-0.05, 0) is 56.9 Å². The Morgan fingerprint density at radius 2 is 1.85 bits per heavy atom. The first-order valence-electron chi connectivity index (χ1n) is 9.08. The molecule has 0 bridgehead atoms. The van der Waals surface area contributed by atoms with E-state index in [-0.39, 0.29) is 17.2 Å². The number of aromatic nitrogens is 1. The van der Waals surface area contributed by atoms with E-state index in [2.05, 4.69) is 17.2 Å². The number of nitrogens with zero attached hydrogens (tertiary/aromatic N) is 2. The van der Waals surface area contributed by atoms with E-state index in [1.165, 1.54) is 23.5 Å². The molecule has 27 heavy (non-hydrogen) atoms. The highest BCUT2D eigenvalue weighted by Gasteiger charge is 2.28. The lowest BCUT2D eigenvalue weighted by Crippen LogP contribution is -2.37. The lowest BCUT2D eigenvalue weighted by molar-refractivity contribution is 0.101. The van der Waals surface area contributed by atoms with Gasteiger partial charge in [-0.25, -0.2) is 13.4 Å². The van der Waals surface area contributed by atoms with Gasteiger partial charge in [-0.3, -0.25) is 4.79 Å². The number of nitrogens with one attached hydrogen (secondary N) is 1. The van der Waals surface area contributed by atoms with Crippen molar-refractivity contribution in [1.29, 1.82) is 0 Å². The van der Waals surface area contributed by atoms with Gasteiger partial charge in [0.2, 0.25) is 10.0 Å². The number of anilines is 1. The van der Waals surface area contributed by atoms with E-state index in [9.17, 15) is 13.2 Å². The summed E-state index contributed by atoms with van der Waals surface area (Å²) in [5.74, 6) is 0.464. The standard InChI is InChI=1S/C19H25N3O3S2/c1-13-8-10-22(11-9-13)27(24,25)17-6-4-16(5-7-17)18(23)12-20-19-21-14(2)15(3)26-19/h4-7,13H,8-12H2,1-3H3,(H,20,21). The molecule has 1 aliphatic rings. The minimum Gasteiger partial charge on any atom is -0.354 e. The predicted octanol–water partition coefficient (Wildman–Crippen LogP) is 3.48. The lowest BCUT2D eigenvalue weighted by Gasteiger charge is -2.29. The maximum Gasteiger partial charge on any atom is 0.243 e. The molecule has 0 unspecified atom stereocenters. The Kier molecular flexibility index (Phi) is 5.98. The molecular weight excluding hydrogens is 382 g/mol. The fourth-order valence-corrected chi connectivity index (χ4v) is 5.27. The molecular formula is C19H25N3O3S2. The Balaban J connectivity index is 1.64. The molecule has 146 valence electrons. The molecule has 3 rings (SSSR count). The van der Waals surface area contributed by atoms with Gasteiger partial charge in [-0.15, -0.1) is 11.3 Å². The Morgan fingerprint density at radius 1 is 1.22 bits per heavy atom. The zero-order valence-electron chi connectivity index (χ0n) is 15.9. The molecule has 1 aromatic heterocycles. The van der Waals surface area contributed by atoms with Crippen LogP contribution in [0.25, 0.3) is 0 Å². The van der Waals surface area contributed by atoms with Crippen LogP contribution in [0.1, 0.15) is 40.7 Å². The van der Waals surface area contributed by atoms with Gasteiger partial charge in [0.05, 0.1) is 17.1 Å². The first-order chi connectivity index (χ1) is 12.8. The minimum absolute atomic E-state index is 0.101. The number of piperidine rings is 1. The number of thiazole rings is 1. The molecule has 0 aliphatic carbocycles. The average molecular weight is 408 g/mol. The lowest BCUT2D eigenvalue weighted by atomic mass is 10.0. The molecule has 2 heterocycles. The third-order valence-corrected chi connectivity index (χ3v) is 7.93. The smallest absolute Gasteiger partial charge is 0.243 e. The van der Waals surface area contributed by atoms with E-state index in [1.807, 2.05) is 13.8 Å². The number of benzene rings is 1. The molecule has 0 atom stereocenters. The summed E-state index contributed by atoms with van der Waals surface area (Å²) in [4.78, 5) is 18.1. The van der Waals surface area contributed by atoms with Gasteiger partial charge in [0.15, 0.2) is 10.9 Å². The number of Topliss-reactive ketones (excluding diaryl/α,β-unsaturated/α-hetero) is 1. The van der Waals surface area contributed by atoms with Gasteiger partial charge in [-0.1, -0.05) is 6.92 Å². The van der Waals surface area contributed by atoms with Gasteiger partial charge in [0.25, 0.3) is 0 Å². The Hall–Kier alpha value is -1.77. The Morgan fingerprint density at radius 3 is 2.41 bits per heavy atom. The second-order valence-electron chi connectivity index (χ2n) is 7.05. The van der Waals surface area contributed by atoms with E-state index < -0.39 is 10.0 Å². The monoisotopic (exact) mass is 407 g/mol. The predicted molar refractivity (Wildman–Crippen MR) is 108 cm³/mol. The summed E-state index contributed by atoms with van der Waals surface area (Å²) in [5, 5.41) is 3.76. The van der Waals surface area contributed by atoms with E-state index in [0.717, 1.165) is 28.5 Å². The van der Waals surface area contributed by atoms with Crippen molar-refractivity contribution in [3.05, 3.63) is 40.4 Å². The topological polar surface area (TPSA) is 79.4 Å². The first kappa shape index (κ1) is 20.0. The molecule has 0 amide bonds. The number of aryl methyl sites for hydroxylation is 2. The molecule has 2 aromatic rings. The van der Waals surface area contributed by atoms with Gasteiger partial charge < -0.3 is 5.32 Å². The quantitative estimate of drug-likeness (QED) is 0.742. The zero-order valence-corrected chi connectivity index (χ0v) is 17.5. The maximum absolute atomic E-state index is 12.7. The van der Waals surface area contributed by atoms with Gasteiger partial charge in [-0.2, -0.15) is 4.31 Å².